The van der Waals surface area contributed by atoms with Gasteiger partial charge in [0, 0.05) is 19.7 Å². The Kier molecular flexibility index (Phi) is 10.4. The molecular formula is C24H33ClN2O3. The van der Waals surface area contributed by atoms with Crippen molar-refractivity contribution in [1.82, 2.24) is 4.90 Å². The van der Waals surface area contributed by atoms with Gasteiger partial charge in [-0.2, -0.15) is 0 Å². The van der Waals surface area contributed by atoms with Crippen molar-refractivity contribution in [1.29, 1.82) is 0 Å². The van der Waals surface area contributed by atoms with Crippen LogP contribution >= 0.6 is 11.6 Å². The lowest BCUT2D eigenvalue weighted by atomic mass is 9.89. The van der Waals surface area contributed by atoms with Crippen molar-refractivity contribution in [2.45, 2.75) is 46.5 Å². The zero-order chi connectivity index (χ0) is 22.8. The highest BCUT2D eigenvalue weighted by Crippen LogP contribution is 2.28. The summed E-state index contributed by atoms with van der Waals surface area (Å²) in [6, 6.07) is 6.81. The minimum Gasteiger partial charge on any atom is -0.512 e. The van der Waals surface area contributed by atoms with Crippen LogP contribution in [-0.2, 0) is 9.59 Å². The van der Waals surface area contributed by atoms with Gasteiger partial charge in [0.1, 0.15) is 5.92 Å². The van der Waals surface area contributed by atoms with Crippen LogP contribution in [0.4, 0.5) is 5.69 Å². The minimum absolute atomic E-state index is 0.0811. The first-order valence-corrected chi connectivity index (χ1v) is 10.6. The predicted molar refractivity (Wildman–Crippen MR) is 125 cm³/mol. The number of rotatable bonds is 10. The van der Waals surface area contributed by atoms with Crippen LogP contribution in [0.3, 0.4) is 0 Å². The molecule has 1 atom stereocenters. The molecule has 0 spiro atoms. The summed E-state index contributed by atoms with van der Waals surface area (Å²) in [6.45, 7) is 9.70. The van der Waals surface area contributed by atoms with Crippen molar-refractivity contribution < 1.29 is 14.7 Å². The molecule has 164 valence electrons. The molecule has 0 saturated carbocycles. The third-order valence-electron chi connectivity index (χ3n) is 4.82. The number of unbranched alkanes of at least 4 members (excludes halogenated alkanes) is 1. The molecular weight excluding hydrogens is 400 g/mol. The maximum atomic E-state index is 13.2. The molecule has 0 aromatic heterocycles. The third kappa shape index (κ3) is 7.06. The van der Waals surface area contributed by atoms with E-state index in [1.165, 1.54) is 11.8 Å². The highest BCUT2D eigenvalue weighted by atomic mass is 35.5. The first-order valence-electron chi connectivity index (χ1n) is 10.2. The molecule has 1 unspecified atom stereocenters. The monoisotopic (exact) mass is 432 g/mol. The number of amides is 2. The van der Waals surface area contributed by atoms with Gasteiger partial charge in [0.2, 0.25) is 11.8 Å². The second-order valence-corrected chi connectivity index (χ2v) is 7.81. The van der Waals surface area contributed by atoms with Gasteiger partial charge in [-0.25, -0.2) is 0 Å². The number of anilines is 1. The fourth-order valence-electron chi connectivity index (χ4n) is 2.94. The molecule has 0 saturated heterocycles. The molecule has 1 rings (SSSR count). The molecule has 0 bridgehead atoms. The number of aliphatic hydroxyl groups is 1. The summed E-state index contributed by atoms with van der Waals surface area (Å²) in [5, 5.41) is 13.5. The number of nitrogens with one attached hydrogen (secondary N) is 1. The zero-order valence-corrected chi connectivity index (χ0v) is 19.3. The van der Waals surface area contributed by atoms with E-state index in [0.717, 1.165) is 36.8 Å². The normalized spacial score (nSPS) is 13.3. The minimum atomic E-state index is -1.22. The SMILES string of the molecule is C=C(CC)/C(=C\C(=C(/C)O)C(C(=O)Nc1ccccc1Cl)C(=O)N(C)C)CCCC. The van der Waals surface area contributed by atoms with Crippen LogP contribution < -0.4 is 5.32 Å². The molecule has 6 heteroatoms. The first-order chi connectivity index (χ1) is 14.1. The third-order valence-corrected chi connectivity index (χ3v) is 5.15. The average Bonchev–Trinajstić information content (AvgIpc) is 2.70. The van der Waals surface area contributed by atoms with Crippen LogP contribution in [0.5, 0.6) is 0 Å². The number of allylic oxidation sites excluding steroid dienone is 4. The van der Waals surface area contributed by atoms with Crippen molar-refractivity contribution in [3.05, 3.63) is 64.4 Å². The standard InChI is InChI=1S/C24H33ClN2O3/c1-7-9-12-18(16(3)8-2)15-19(17(4)28)22(24(30)27(5)6)23(29)26-21-14-11-10-13-20(21)25/h10-11,13-15,22,28H,3,7-9,12H2,1-2,4-6H3,(H,26,29)/b18-15-,19-17-. The van der Waals surface area contributed by atoms with Crippen LogP contribution in [-0.4, -0.2) is 35.9 Å². The summed E-state index contributed by atoms with van der Waals surface area (Å²) in [5.74, 6) is -2.29. The quantitative estimate of drug-likeness (QED) is 0.275. The Bertz CT molecular complexity index is 837. The number of carbonyl (C=O) groups excluding carboxylic acids is 2. The molecule has 2 amide bonds. The molecule has 0 heterocycles. The Balaban J connectivity index is 3.47. The topological polar surface area (TPSA) is 69.6 Å². The molecule has 5 nitrogen and oxygen atoms in total. The maximum Gasteiger partial charge on any atom is 0.241 e. The summed E-state index contributed by atoms with van der Waals surface area (Å²) in [7, 11) is 3.16. The number of hydrogen-bond donors (Lipinski definition) is 2. The molecule has 0 aliphatic rings. The average molecular weight is 433 g/mol. The van der Waals surface area contributed by atoms with Gasteiger partial charge < -0.3 is 15.3 Å². The van der Waals surface area contributed by atoms with Gasteiger partial charge >= 0.3 is 0 Å². The van der Waals surface area contributed by atoms with Crippen molar-refractivity contribution in [2.24, 2.45) is 5.92 Å². The van der Waals surface area contributed by atoms with E-state index in [0.29, 0.717) is 10.7 Å². The second-order valence-electron chi connectivity index (χ2n) is 7.41. The second kappa shape index (κ2) is 12.2. The number of para-hydroxylation sites is 1. The number of benzene rings is 1. The number of carbonyl (C=O) groups is 2. The molecule has 1 aromatic rings. The first kappa shape index (κ1) is 25.5. The lowest BCUT2D eigenvalue weighted by Gasteiger charge is -2.23. The molecule has 0 aliphatic carbocycles. The van der Waals surface area contributed by atoms with E-state index in [4.69, 9.17) is 11.6 Å². The summed E-state index contributed by atoms with van der Waals surface area (Å²) in [4.78, 5) is 27.5. The van der Waals surface area contributed by atoms with E-state index in [-0.39, 0.29) is 11.3 Å². The highest BCUT2D eigenvalue weighted by Gasteiger charge is 2.33. The molecule has 0 fully saturated rings. The maximum absolute atomic E-state index is 13.2. The molecule has 0 radical (unpaired) electrons. The summed E-state index contributed by atoms with van der Waals surface area (Å²) in [5.41, 5.74) is 2.53. The Labute approximate surface area is 185 Å². The van der Waals surface area contributed by atoms with Gasteiger partial charge in [-0.1, -0.05) is 62.2 Å². The highest BCUT2D eigenvalue weighted by molar-refractivity contribution is 6.33. The van der Waals surface area contributed by atoms with E-state index < -0.39 is 17.7 Å². The zero-order valence-electron chi connectivity index (χ0n) is 18.6. The van der Waals surface area contributed by atoms with E-state index >= 15 is 0 Å². The van der Waals surface area contributed by atoms with Crippen LogP contribution in [0.15, 0.2) is 59.4 Å². The van der Waals surface area contributed by atoms with Gasteiger partial charge in [-0.3, -0.25) is 9.59 Å². The number of nitrogens with zero attached hydrogens (tertiary/aromatic N) is 1. The van der Waals surface area contributed by atoms with Crippen molar-refractivity contribution in [2.75, 3.05) is 19.4 Å². The molecule has 30 heavy (non-hydrogen) atoms. The van der Waals surface area contributed by atoms with Crippen molar-refractivity contribution >= 4 is 29.1 Å². The Morgan fingerprint density at radius 2 is 1.90 bits per heavy atom. The summed E-state index contributed by atoms with van der Waals surface area (Å²) in [6.07, 6.45) is 5.19. The van der Waals surface area contributed by atoms with E-state index in [1.54, 1.807) is 44.4 Å². The predicted octanol–water partition coefficient (Wildman–Crippen LogP) is 5.90. The Morgan fingerprint density at radius 3 is 2.40 bits per heavy atom. The molecule has 2 N–H and O–H groups in total. The van der Waals surface area contributed by atoms with E-state index in [1.807, 2.05) is 6.92 Å². The van der Waals surface area contributed by atoms with Crippen LogP contribution in [0.25, 0.3) is 0 Å². The lowest BCUT2D eigenvalue weighted by molar-refractivity contribution is -0.136. The van der Waals surface area contributed by atoms with Gasteiger partial charge in [0.15, 0.2) is 0 Å². The number of aliphatic hydroxyl groups excluding tert-OH is 1. The van der Waals surface area contributed by atoms with E-state index in [9.17, 15) is 14.7 Å². The van der Waals surface area contributed by atoms with Crippen LogP contribution in [0.2, 0.25) is 5.02 Å². The van der Waals surface area contributed by atoms with Crippen molar-refractivity contribution in [3.63, 3.8) is 0 Å². The smallest absolute Gasteiger partial charge is 0.241 e. The fraction of sp³-hybridized carbons (Fsp3) is 0.417. The van der Waals surface area contributed by atoms with E-state index in [2.05, 4.69) is 18.8 Å². The van der Waals surface area contributed by atoms with Gasteiger partial charge in [0.05, 0.1) is 16.5 Å². The van der Waals surface area contributed by atoms with Gasteiger partial charge in [-0.15, -0.1) is 0 Å². The van der Waals surface area contributed by atoms with Crippen LogP contribution in [0, 0.1) is 5.92 Å². The fourth-order valence-corrected chi connectivity index (χ4v) is 3.12. The largest absolute Gasteiger partial charge is 0.512 e. The summed E-state index contributed by atoms with van der Waals surface area (Å²) >= 11 is 6.16. The number of halogens is 1. The Morgan fingerprint density at radius 1 is 1.27 bits per heavy atom. The molecule has 1 aromatic carbocycles. The van der Waals surface area contributed by atoms with Gasteiger partial charge in [0.25, 0.3) is 0 Å². The summed E-state index contributed by atoms with van der Waals surface area (Å²) < 4.78 is 0. The van der Waals surface area contributed by atoms with Gasteiger partial charge in [-0.05, 0) is 43.9 Å². The van der Waals surface area contributed by atoms with Crippen molar-refractivity contribution in [3.8, 4) is 0 Å². The van der Waals surface area contributed by atoms with Crippen LogP contribution in [0.1, 0.15) is 46.5 Å². The lowest BCUT2D eigenvalue weighted by Crippen LogP contribution is -2.39. The molecule has 0 aliphatic heterocycles. The number of hydrogen-bond acceptors (Lipinski definition) is 3. The Hall–Kier alpha value is -2.53.